The van der Waals surface area contributed by atoms with E-state index in [2.05, 4.69) is 0 Å². The quantitative estimate of drug-likeness (QED) is 0.840. The minimum Gasteiger partial charge on any atom is -0.503 e. The van der Waals surface area contributed by atoms with Crippen molar-refractivity contribution in [2.75, 3.05) is 4.90 Å². The maximum absolute atomic E-state index is 12.1. The molecule has 1 aromatic rings. The number of allylic oxidation sites excluding steroid dienone is 2. The molecule has 3 rings (SSSR count). The molecular weight excluding hydrogens is 250 g/mol. The van der Waals surface area contributed by atoms with E-state index in [-0.39, 0.29) is 11.7 Å². The van der Waals surface area contributed by atoms with Crippen LogP contribution in [-0.2, 0) is 4.79 Å². The average molecular weight is 262 g/mol. The van der Waals surface area contributed by atoms with Crippen molar-refractivity contribution >= 4 is 23.2 Å². The maximum Gasteiger partial charge on any atom is 0.298 e. The maximum atomic E-state index is 12.1. The summed E-state index contributed by atoms with van der Waals surface area (Å²) in [6.07, 6.45) is 4.68. The van der Waals surface area contributed by atoms with Gasteiger partial charge in [0.15, 0.2) is 5.76 Å². The van der Waals surface area contributed by atoms with Gasteiger partial charge in [-0.25, -0.2) is 0 Å². The highest BCUT2D eigenvalue weighted by Crippen LogP contribution is 2.38. The molecule has 18 heavy (non-hydrogen) atoms. The second-order valence-electron chi connectivity index (χ2n) is 4.43. The molecule has 1 N–H and O–H groups in total. The number of fused-ring (bicyclic) bond motifs is 1. The molecule has 0 spiro atoms. The summed E-state index contributed by atoms with van der Waals surface area (Å²) in [5, 5.41) is 10.5. The third-order valence-corrected chi connectivity index (χ3v) is 3.55. The Morgan fingerprint density at radius 1 is 1.22 bits per heavy atom. The zero-order valence-electron chi connectivity index (χ0n) is 9.69. The van der Waals surface area contributed by atoms with Crippen LogP contribution in [0, 0.1) is 0 Å². The smallest absolute Gasteiger partial charge is 0.298 e. The first-order valence-corrected chi connectivity index (χ1v) is 6.29. The first-order chi connectivity index (χ1) is 8.68. The lowest BCUT2D eigenvalue weighted by atomic mass is 9.99. The third kappa shape index (κ3) is 1.63. The minimum atomic E-state index is -0.347. The van der Waals surface area contributed by atoms with E-state index in [1.807, 2.05) is 6.08 Å². The van der Waals surface area contributed by atoms with Gasteiger partial charge in [0.05, 0.1) is 5.70 Å². The first kappa shape index (κ1) is 11.4. The number of halogens is 1. The van der Waals surface area contributed by atoms with Crippen molar-refractivity contribution in [3.63, 3.8) is 0 Å². The molecule has 0 aromatic heterocycles. The number of carbonyl (C=O) groups is 1. The van der Waals surface area contributed by atoms with Crippen molar-refractivity contribution in [2.45, 2.75) is 19.3 Å². The predicted octanol–water partition coefficient (Wildman–Crippen LogP) is 3.57. The molecule has 1 aromatic carbocycles. The van der Waals surface area contributed by atoms with Crippen LogP contribution in [0.15, 0.2) is 47.4 Å². The molecule has 1 aliphatic carbocycles. The van der Waals surface area contributed by atoms with E-state index in [9.17, 15) is 9.90 Å². The molecule has 1 amide bonds. The number of hydrogen-bond acceptors (Lipinski definition) is 2. The van der Waals surface area contributed by atoms with E-state index in [1.54, 1.807) is 29.2 Å². The van der Waals surface area contributed by atoms with Crippen LogP contribution in [0.25, 0.3) is 0 Å². The molecule has 2 aliphatic rings. The topological polar surface area (TPSA) is 40.5 Å². The summed E-state index contributed by atoms with van der Waals surface area (Å²) < 4.78 is 0. The Morgan fingerprint density at radius 3 is 2.67 bits per heavy atom. The van der Waals surface area contributed by atoms with Crippen molar-refractivity contribution < 1.29 is 9.90 Å². The SMILES string of the molecule is O=C1C(O)=C2CCCC=C2N1c1ccc(Cl)cc1. The molecule has 0 fully saturated rings. The highest BCUT2D eigenvalue weighted by Gasteiger charge is 2.36. The number of hydrogen-bond donors (Lipinski definition) is 1. The second-order valence-corrected chi connectivity index (χ2v) is 4.86. The Hall–Kier alpha value is -1.74. The van der Waals surface area contributed by atoms with Crippen molar-refractivity contribution in [3.05, 3.63) is 52.4 Å². The van der Waals surface area contributed by atoms with Crippen LogP contribution in [0.2, 0.25) is 5.02 Å². The molecular formula is C14H12ClNO2. The lowest BCUT2D eigenvalue weighted by Gasteiger charge is -2.21. The third-order valence-electron chi connectivity index (χ3n) is 3.30. The Kier molecular flexibility index (Phi) is 2.63. The second kappa shape index (κ2) is 4.18. The van der Waals surface area contributed by atoms with Crippen molar-refractivity contribution in [2.24, 2.45) is 0 Å². The number of anilines is 1. The summed E-state index contributed by atoms with van der Waals surface area (Å²) in [5.74, 6) is -0.462. The highest BCUT2D eigenvalue weighted by atomic mass is 35.5. The lowest BCUT2D eigenvalue weighted by Crippen LogP contribution is -2.25. The van der Waals surface area contributed by atoms with Gasteiger partial charge in [0, 0.05) is 16.3 Å². The lowest BCUT2D eigenvalue weighted by molar-refractivity contribution is -0.116. The van der Waals surface area contributed by atoms with E-state index < -0.39 is 0 Å². The van der Waals surface area contributed by atoms with Crippen molar-refractivity contribution in [1.29, 1.82) is 0 Å². The molecule has 3 nitrogen and oxygen atoms in total. The summed E-state index contributed by atoms with van der Waals surface area (Å²) in [5.41, 5.74) is 2.33. The number of benzene rings is 1. The van der Waals surface area contributed by atoms with Gasteiger partial charge in [-0.2, -0.15) is 0 Å². The molecule has 1 aliphatic heterocycles. The fourth-order valence-electron chi connectivity index (χ4n) is 2.43. The fraction of sp³-hybridized carbons (Fsp3) is 0.214. The van der Waals surface area contributed by atoms with E-state index in [1.165, 1.54) is 0 Å². The van der Waals surface area contributed by atoms with Crippen LogP contribution in [0.1, 0.15) is 19.3 Å². The number of amides is 1. The van der Waals surface area contributed by atoms with E-state index >= 15 is 0 Å². The van der Waals surface area contributed by atoms with Gasteiger partial charge in [0.25, 0.3) is 5.91 Å². The van der Waals surface area contributed by atoms with Crippen LogP contribution in [0.4, 0.5) is 5.69 Å². The minimum absolute atomic E-state index is 0.115. The van der Waals surface area contributed by atoms with Gasteiger partial charge in [0.1, 0.15) is 0 Å². The number of aliphatic hydroxyl groups excluding tert-OH is 1. The summed E-state index contributed by atoms with van der Waals surface area (Å²) in [7, 11) is 0. The van der Waals surface area contributed by atoms with Crippen molar-refractivity contribution in [3.8, 4) is 0 Å². The fourth-order valence-corrected chi connectivity index (χ4v) is 2.55. The molecule has 0 radical (unpaired) electrons. The predicted molar refractivity (Wildman–Crippen MR) is 70.5 cm³/mol. The first-order valence-electron chi connectivity index (χ1n) is 5.91. The molecule has 92 valence electrons. The van der Waals surface area contributed by atoms with Gasteiger partial charge in [0.2, 0.25) is 0 Å². The average Bonchev–Trinajstić information content (AvgIpc) is 2.64. The Labute approximate surface area is 110 Å². The van der Waals surface area contributed by atoms with Crippen LogP contribution in [0.5, 0.6) is 0 Å². The monoisotopic (exact) mass is 261 g/mol. The van der Waals surface area contributed by atoms with Crippen molar-refractivity contribution in [1.82, 2.24) is 0 Å². The largest absolute Gasteiger partial charge is 0.503 e. The summed E-state index contributed by atoms with van der Waals surface area (Å²) in [6, 6.07) is 7.04. The van der Waals surface area contributed by atoms with Crippen LogP contribution >= 0.6 is 11.6 Å². The molecule has 0 saturated carbocycles. The standard InChI is InChI=1S/C14H12ClNO2/c15-9-5-7-10(8-6-9)16-12-4-2-1-3-11(12)13(17)14(16)18/h4-8,17H,1-3H2. The Bertz CT molecular complexity index is 572. The summed E-state index contributed by atoms with van der Waals surface area (Å²) in [6.45, 7) is 0. The van der Waals surface area contributed by atoms with Gasteiger partial charge in [-0.05, 0) is 43.5 Å². The van der Waals surface area contributed by atoms with E-state index in [4.69, 9.17) is 11.6 Å². The number of nitrogens with zero attached hydrogens (tertiary/aromatic N) is 1. The molecule has 0 atom stereocenters. The molecule has 0 bridgehead atoms. The number of aliphatic hydroxyl groups is 1. The van der Waals surface area contributed by atoms with Crippen LogP contribution in [0.3, 0.4) is 0 Å². The van der Waals surface area contributed by atoms with Gasteiger partial charge in [-0.1, -0.05) is 17.7 Å². The van der Waals surface area contributed by atoms with Crippen LogP contribution in [-0.4, -0.2) is 11.0 Å². The molecule has 0 saturated heterocycles. The molecule has 0 unspecified atom stereocenters. The van der Waals surface area contributed by atoms with Gasteiger partial charge in [-0.3, -0.25) is 9.69 Å². The zero-order chi connectivity index (χ0) is 12.7. The van der Waals surface area contributed by atoms with E-state index in [0.29, 0.717) is 5.02 Å². The zero-order valence-corrected chi connectivity index (χ0v) is 10.4. The number of rotatable bonds is 1. The number of carbonyl (C=O) groups excluding carboxylic acids is 1. The Balaban J connectivity index is 2.06. The van der Waals surface area contributed by atoms with Gasteiger partial charge in [-0.15, -0.1) is 0 Å². The van der Waals surface area contributed by atoms with Gasteiger partial charge >= 0.3 is 0 Å². The summed E-state index contributed by atoms with van der Waals surface area (Å²) in [4.78, 5) is 13.7. The Morgan fingerprint density at radius 2 is 1.94 bits per heavy atom. The van der Waals surface area contributed by atoms with Gasteiger partial charge < -0.3 is 5.11 Å². The summed E-state index contributed by atoms with van der Waals surface area (Å²) >= 11 is 5.84. The van der Waals surface area contributed by atoms with Crippen LogP contribution < -0.4 is 4.90 Å². The molecule has 1 heterocycles. The van der Waals surface area contributed by atoms with E-state index in [0.717, 1.165) is 36.2 Å². The normalized spacial score (nSPS) is 19.1. The molecule has 4 heteroatoms. The highest BCUT2D eigenvalue weighted by molar-refractivity contribution is 6.30.